The molecule has 0 atom stereocenters. The molecule has 4 nitrogen and oxygen atoms in total. The van der Waals surface area contributed by atoms with E-state index in [4.69, 9.17) is 5.73 Å². The molecule has 0 spiro atoms. The first-order valence-electron chi connectivity index (χ1n) is 6.47. The van der Waals surface area contributed by atoms with Crippen LogP contribution in [0.25, 0.3) is 0 Å². The highest BCUT2D eigenvalue weighted by Crippen LogP contribution is 2.30. The Morgan fingerprint density at radius 2 is 1.47 bits per heavy atom. The number of rotatable bonds is 8. The molecule has 0 fully saturated rings. The fraction of sp³-hybridized carbons (Fsp3) is 1.00. The number of nitrogens with zero attached hydrogens (tertiary/aromatic N) is 2. The van der Waals surface area contributed by atoms with Crippen LogP contribution in [0.5, 0.6) is 0 Å². The lowest BCUT2D eigenvalue weighted by Gasteiger charge is -2.51. The van der Waals surface area contributed by atoms with Crippen molar-refractivity contribution in [3.63, 3.8) is 0 Å². The molecule has 0 saturated carbocycles. The molecule has 0 amide bonds. The van der Waals surface area contributed by atoms with E-state index in [9.17, 15) is 0 Å². The van der Waals surface area contributed by atoms with Gasteiger partial charge in [0.2, 0.25) is 0 Å². The molecular formula is C13H32N4. The van der Waals surface area contributed by atoms with Crippen LogP contribution >= 0.6 is 0 Å². The molecule has 0 aliphatic heterocycles. The summed E-state index contributed by atoms with van der Waals surface area (Å²) in [6.45, 7) is 12.8. The SMILES string of the molecule is CN(C)C(C)(C)C(C)(C)N(C)CCNCCN. The Hall–Kier alpha value is -0.160. The van der Waals surface area contributed by atoms with Crippen LogP contribution in [0.3, 0.4) is 0 Å². The fourth-order valence-electron chi connectivity index (χ4n) is 1.77. The van der Waals surface area contributed by atoms with E-state index in [1.807, 2.05) is 0 Å². The predicted molar refractivity (Wildman–Crippen MR) is 76.4 cm³/mol. The van der Waals surface area contributed by atoms with Crippen molar-refractivity contribution in [2.45, 2.75) is 38.8 Å². The van der Waals surface area contributed by atoms with Crippen molar-refractivity contribution in [2.24, 2.45) is 5.73 Å². The van der Waals surface area contributed by atoms with Gasteiger partial charge in [-0.3, -0.25) is 4.90 Å². The second-order valence-electron chi connectivity index (χ2n) is 5.97. The van der Waals surface area contributed by atoms with Crippen LogP contribution in [0.1, 0.15) is 27.7 Å². The van der Waals surface area contributed by atoms with Crippen LogP contribution in [-0.2, 0) is 0 Å². The van der Waals surface area contributed by atoms with Crippen molar-refractivity contribution >= 4 is 0 Å². The van der Waals surface area contributed by atoms with Gasteiger partial charge >= 0.3 is 0 Å². The molecule has 0 aromatic rings. The maximum Gasteiger partial charge on any atom is 0.0328 e. The molecule has 0 aromatic carbocycles. The van der Waals surface area contributed by atoms with E-state index in [1.165, 1.54) is 0 Å². The summed E-state index contributed by atoms with van der Waals surface area (Å²) in [6.07, 6.45) is 0. The third kappa shape index (κ3) is 4.21. The van der Waals surface area contributed by atoms with E-state index in [0.717, 1.165) is 19.6 Å². The Morgan fingerprint density at radius 1 is 0.941 bits per heavy atom. The summed E-state index contributed by atoms with van der Waals surface area (Å²) < 4.78 is 0. The average Bonchev–Trinajstić information content (AvgIpc) is 2.23. The van der Waals surface area contributed by atoms with Crippen molar-refractivity contribution < 1.29 is 0 Å². The Kier molecular flexibility index (Phi) is 6.62. The topological polar surface area (TPSA) is 44.5 Å². The van der Waals surface area contributed by atoms with Crippen molar-refractivity contribution in [2.75, 3.05) is 47.3 Å². The fourth-order valence-corrected chi connectivity index (χ4v) is 1.77. The second-order valence-corrected chi connectivity index (χ2v) is 5.97. The van der Waals surface area contributed by atoms with E-state index in [-0.39, 0.29) is 11.1 Å². The van der Waals surface area contributed by atoms with E-state index in [0.29, 0.717) is 6.54 Å². The van der Waals surface area contributed by atoms with Gasteiger partial charge in [0.15, 0.2) is 0 Å². The molecular weight excluding hydrogens is 212 g/mol. The molecule has 0 rings (SSSR count). The van der Waals surface area contributed by atoms with Crippen LogP contribution in [0.2, 0.25) is 0 Å². The Balaban J connectivity index is 4.38. The highest BCUT2D eigenvalue weighted by Gasteiger charge is 2.41. The predicted octanol–water partition coefficient (Wildman–Crippen LogP) is 0.585. The Labute approximate surface area is 108 Å². The molecule has 0 aliphatic carbocycles. The lowest BCUT2D eigenvalue weighted by Crippen LogP contribution is -2.63. The molecule has 0 radical (unpaired) electrons. The molecule has 0 heterocycles. The summed E-state index contributed by atoms with van der Waals surface area (Å²) in [4.78, 5) is 4.70. The van der Waals surface area contributed by atoms with Crippen molar-refractivity contribution in [1.82, 2.24) is 15.1 Å². The van der Waals surface area contributed by atoms with Crippen molar-refractivity contribution in [1.29, 1.82) is 0 Å². The average molecular weight is 244 g/mol. The van der Waals surface area contributed by atoms with E-state index >= 15 is 0 Å². The smallest absolute Gasteiger partial charge is 0.0328 e. The van der Waals surface area contributed by atoms with Gasteiger partial charge in [0.1, 0.15) is 0 Å². The quantitative estimate of drug-likeness (QED) is 0.613. The van der Waals surface area contributed by atoms with E-state index in [2.05, 4.69) is 64.0 Å². The maximum absolute atomic E-state index is 5.46. The number of nitrogens with one attached hydrogen (secondary N) is 1. The standard InChI is InChI=1S/C13H32N4/c1-12(2,16(5)6)13(3,4)17(7)11-10-15-9-8-14/h15H,8-11,14H2,1-7H3. The van der Waals surface area contributed by atoms with E-state index in [1.54, 1.807) is 0 Å². The second kappa shape index (κ2) is 6.69. The molecule has 0 aromatic heterocycles. The first kappa shape index (κ1) is 16.8. The third-order valence-corrected chi connectivity index (χ3v) is 4.51. The van der Waals surface area contributed by atoms with Crippen LogP contribution in [-0.4, -0.2) is 68.2 Å². The summed E-state index contributed by atoms with van der Waals surface area (Å²) >= 11 is 0. The van der Waals surface area contributed by atoms with Gasteiger partial charge in [-0.25, -0.2) is 0 Å². The maximum atomic E-state index is 5.46. The summed E-state index contributed by atoms with van der Waals surface area (Å²) in [7, 11) is 6.47. The summed E-state index contributed by atoms with van der Waals surface area (Å²) in [5.74, 6) is 0. The highest BCUT2D eigenvalue weighted by atomic mass is 15.3. The summed E-state index contributed by atoms with van der Waals surface area (Å²) in [5, 5.41) is 3.34. The molecule has 0 unspecified atom stereocenters. The number of hydrogen-bond donors (Lipinski definition) is 2. The van der Waals surface area contributed by atoms with Gasteiger partial charge in [0, 0.05) is 37.3 Å². The zero-order valence-corrected chi connectivity index (χ0v) is 12.8. The van der Waals surface area contributed by atoms with Gasteiger partial charge < -0.3 is 16.0 Å². The van der Waals surface area contributed by atoms with Crippen molar-refractivity contribution in [3.8, 4) is 0 Å². The highest BCUT2D eigenvalue weighted by molar-refractivity contribution is 5.00. The van der Waals surface area contributed by atoms with Gasteiger partial charge in [-0.2, -0.15) is 0 Å². The number of nitrogens with two attached hydrogens (primary N) is 1. The van der Waals surface area contributed by atoms with Crippen LogP contribution in [0.4, 0.5) is 0 Å². The molecule has 17 heavy (non-hydrogen) atoms. The van der Waals surface area contributed by atoms with Crippen molar-refractivity contribution in [3.05, 3.63) is 0 Å². The summed E-state index contributed by atoms with van der Waals surface area (Å²) in [5.41, 5.74) is 5.69. The molecule has 0 saturated heterocycles. The van der Waals surface area contributed by atoms with Crippen LogP contribution < -0.4 is 11.1 Å². The number of likely N-dealkylation sites (N-methyl/N-ethyl adjacent to an activating group) is 2. The zero-order chi connectivity index (χ0) is 13.7. The number of hydrogen-bond acceptors (Lipinski definition) is 4. The normalized spacial score (nSPS) is 13.8. The van der Waals surface area contributed by atoms with Gasteiger partial charge in [-0.1, -0.05) is 0 Å². The minimum atomic E-state index is 0.112. The van der Waals surface area contributed by atoms with E-state index < -0.39 is 0 Å². The minimum Gasteiger partial charge on any atom is -0.329 e. The lowest BCUT2D eigenvalue weighted by molar-refractivity contribution is 0.00187. The Morgan fingerprint density at radius 3 is 1.88 bits per heavy atom. The summed E-state index contributed by atoms with van der Waals surface area (Å²) in [6, 6.07) is 0. The molecule has 0 aliphatic rings. The van der Waals surface area contributed by atoms with Gasteiger partial charge in [-0.15, -0.1) is 0 Å². The molecule has 0 bridgehead atoms. The molecule has 3 N–H and O–H groups in total. The van der Waals surface area contributed by atoms with Gasteiger partial charge in [0.05, 0.1) is 0 Å². The minimum absolute atomic E-state index is 0.112. The van der Waals surface area contributed by atoms with Gasteiger partial charge in [-0.05, 0) is 48.8 Å². The lowest BCUT2D eigenvalue weighted by atomic mass is 9.80. The third-order valence-electron chi connectivity index (χ3n) is 4.51. The Bertz CT molecular complexity index is 211. The molecule has 4 heteroatoms. The molecule has 104 valence electrons. The van der Waals surface area contributed by atoms with Crippen LogP contribution in [0.15, 0.2) is 0 Å². The zero-order valence-electron chi connectivity index (χ0n) is 12.8. The largest absolute Gasteiger partial charge is 0.329 e. The monoisotopic (exact) mass is 244 g/mol. The van der Waals surface area contributed by atoms with Crippen LogP contribution in [0, 0.1) is 0 Å². The first-order chi connectivity index (χ1) is 7.67. The van der Waals surface area contributed by atoms with Gasteiger partial charge in [0.25, 0.3) is 0 Å². The first-order valence-corrected chi connectivity index (χ1v) is 6.47.